The molecule has 2 heterocycles. The van der Waals surface area contributed by atoms with Gasteiger partial charge in [-0.25, -0.2) is 4.98 Å². The number of nitrogens with zero attached hydrogens (tertiary/aromatic N) is 3. The molecule has 3 aromatic rings. The molecule has 1 amide bonds. The zero-order chi connectivity index (χ0) is 21.5. The molecule has 1 aliphatic heterocycles. The van der Waals surface area contributed by atoms with Crippen molar-refractivity contribution in [3.8, 4) is 0 Å². The van der Waals surface area contributed by atoms with Gasteiger partial charge in [0.25, 0.3) is 5.56 Å². The molecule has 1 saturated heterocycles. The van der Waals surface area contributed by atoms with Crippen molar-refractivity contribution in [3.63, 3.8) is 0 Å². The lowest BCUT2D eigenvalue weighted by Crippen LogP contribution is -2.48. The molecule has 0 aliphatic carbocycles. The van der Waals surface area contributed by atoms with E-state index in [2.05, 4.69) is 49.4 Å². The first-order chi connectivity index (χ1) is 15.2. The Hall–Kier alpha value is -3.03. The molecule has 7 nitrogen and oxygen atoms in total. The van der Waals surface area contributed by atoms with Gasteiger partial charge in [0, 0.05) is 58.7 Å². The van der Waals surface area contributed by atoms with Crippen LogP contribution in [0.5, 0.6) is 0 Å². The summed E-state index contributed by atoms with van der Waals surface area (Å²) in [5, 5.41) is 3.56. The van der Waals surface area contributed by atoms with E-state index in [1.165, 1.54) is 5.56 Å². The summed E-state index contributed by atoms with van der Waals surface area (Å²) in [7, 11) is 0. The Morgan fingerprint density at radius 1 is 0.968 bits per heavy atom. The number of hydrogen-bond acceptors (Lipinski definition) is 5. The fourth-order valence-corrected chi connectivity index (χ4v) is 3.94. The average molecular weight is 420 g/mol. The van der Waals surface area contributed by atoms with E-state index >= 15 is 0 Å². The largest absolute Gasteiger partial charge is 0.355 e. The standard InChI is InChI=1S/C24H29N5O2/c30-23(11-10-22-26-21-9-5-4-8-20(21)24(31)27-22)25-12-13-28-14-16-29(17-15-28)18-19-6-2-1-3-7-19/h1-9H,10-18H2,(H,25,30)(H,26,27,31). The molecule has 162 valence electrons. The summed E-state index contributed by atoms with van der Waals surface area (Å²) in [4.78, 5) is 36.4. The Labute approximate surface area is 182 Å². The third-order valence-electron chi connectivity index (χ3n) is 5.71. The van der Waals surface area contributed by atoms with Crippen LogP contribution in [0.4, 0.5) is 0 Å². The summed E-state index contributed by atoms with van der Waals surface area (Å²) in [6.07, 6.45) is 0.732. The van der Waals surface area contributed by atoms with Crippen molar-refractivity contribution in [1.82, 2.24) is 25.1 Å². The summed E-state index contributed by atoms with van der Waals surface area (Å²) in [6.45, 7) is 6.62. The molecule has 0 bridgehead atoms. The maximum atomic E-state index is 12.2. The number of nitrogens with one attached hydrogen (secondary N) is 2. The van der Waals surface area contributed by atoms with Crippen LogP contribution < -0.4 is 10.9 Å². The lowest BCUT2D eigenvalue weighted by Gasteiger charge is -2.34. The van der Waals surface area contributed by atoms with E-state index in [1.54, 1.807) is 6.07 Å². The summed E-state index contributed by atoms with van der Waals surface area (Å²) in [6, 6.07) is 17.8. The first-order valence-corrected chi connectivity index (χ1v) is 10.9. The molecule has 7 heteroatoms. The monoisotopic (exact) mass is 419 g/mol. The van der Waals surface area contributed by atoms with Gasteiger partial charge in [-0.3, -0.25) is 19.4 Å². The van der Waals surface area contributed by atoms with Gasteiger partial charge in [0.1, 0.15) is 5.82 Å². The minimum Gasteiger partial charge on any atom is -0.355 e. The Balaban J connectivity index is 1.15. The quantitative estimate of drug-likeness (QED) is 0.582. The molecule has 2 N–H and O–H groups in total. The second-order valence-corrected chi connectivity index (χ2v) is 7.98. The molecule has 0 saturated carbocycles. The molecule has 1 aromatic heterocycles. The number of carbonyl (C=O) groups is 1. The van der Waals surface area contributed by atoms with E-state index in [4.69, 9.17) is 0 Å². The molecule has 0 spiro atoms. The van der Waals surface area contributed by atoms with E-state index < -0.39 is 0 Å². The summed E-state index contributed by atoms with van der Waals surface area (Å²) in [5.41, 5.74) is 1.85. The molecule has 1 aliphatic rings. The van der Waals surface area contributed by atoms with Crippen LogP contribution in [0.15, 0.2) is 59.4 Å². The van der Waals surface area contributed by atoms with Crippen molar-refractivity contribution >= 4 is 16.8 Å². The number of fused-ring (bicyclic) bond motifs is 1. The van der Waals surface area contributed by atoms with Gasteiger partial charge in [0.2, 0.25) is 5.91 Å². The van der Waals surface area contributed by atoms with Crippen LogP contribution in [0.3, 0.4) is 0 Å². The van der Waals surface area contributed by atoms with Crippen molar-refractivity contribution in [2.24, 2.45) is 0 Å². The highest BCUT2D eigenvalue weighted by Crippen LogP contribution is 2.08. The van der Waals surface area contributed by atoms with Crippen LogP contribution in [-0.4, -0.2) is 64.9 Å². The predicted octanol–water partition coefficient (Wildman–Crippen LogP) is 1.79. The number of amides is 1. The molecule has 31 heavy (non-hydrogen) atoms. The van der Waals surface area contributed by atoms with Gasteiger partial charge in [-0.05, 0) is 17.7 Å². The van der Waals surface area contributed by atoms with Crippen molar-refractivity contribution < 1.29 is 4.79 Å². The first-order valence-electron chi connectivity index (χ1n) is 10.9. The number of hydrogen-bond donors (Lipinski definition) is 2. The van der Waals surface area contributed by atoms with Crippen molar-refractivity contribution in [1.29, 1.82) is 0 Å². The van der Waals surface area contributed by atoms with Crippen LogP contribution in [0.1, 0.15) is 17.8 Å². The smallest absolute Gasteiger partial charge is 0.258 e. The Morgan fingerprint density at radius 3 is 2.48 bits per heavy atom. The summed E-state index contributed by atoms with van der Waals surface area (Å²) in [5.74, 6) is 0.534. The normalized spacial score (nSPS) is 15.2. The SMILES string of the molecule is O=C(CCc1nc2ccccc2c(=O)[nH]1)NCCN1CCN(Cc2ccccc2)CC1. The number of benzene rings is 2. The van der Waals surface area contributed by atoms with E-state index in [-0.39, 0.29) is 11.5 Å². The van der Waals surface area contributed by atoms with Gasteiger partial charge >= 0.3 is 0 Å². The number of para-hydroxylation sites is 1. The molecular formula is C24H29N5O2. The number of rotatable bonds is 8. The fraction of sp³-hybridized carbons (Fsp3) is 0.375. The topological polar surface area (TPSA) is 81.3 Å². The Morgan fingerprint density at radius 2 is 1.68 bits per heavy atom. The van der Waals surface area contributed by atoms with E-state index in [1.807, 2.05) is 24.3 Å². The van der Waals surface area contributed by atoms with Crippen molar-refractivity contribution in [3.05, 3.63) is 76.3 Å². The van der Waals surface area contributed by atoms with Gasteiger partial charge < -0.3 is 10.3 Å². The van der Waals surface area contributed by atoms with Gasteiger partial charge in [-0.2, -0.15) is 0 Å². The summed E-state index contributed by atoms with van der Waals surface area (Å²) >= 11 is 0. The van der Waals surface area contributed by atoms with Crippen LogP contribution in [0.2, 0.25) is 0 Å². The number of aromatic nitrogens is 2. The molecule has 0 radical (unpaired) electrons. The third kappa shape index (κ3) is 5.99. The molecule has 1 fully saturated rings. The van der Waals surface area contributed by atoms with Crippen molar-refractivity contribution in [2.75, 3.05) is 39.3 Å². The number of carbonyl (C=O) groups excluding carboxylic acids is 1. The Kier molecular flexibility index (Phi) is 7.07. The predicted molar refractivity (Wildman–Crippen MR) is 122 cm³/mol. The van der Waals surface area contributed by atoms with Crippen LogP contribution in [-0.2, 0) is 17.8 Å². The average Bonchev–Trinajstić information content (AvgIpc) is 2.80. The van der Waals surface area contributed by atoms with Crippen LogP contribution in [0, 0.1) is 0 Å². The van der Waals surface area contributed by atoms with Crippen LogP contribution >= 0.6 is 0 Å². The number of aryl methyl sites for hydroxylation is 1. The van der Waals surface area contributed by atoms with E-state index in [9.17, 15) is 9.59 Å². The molecule has 2 aromatic carbocycles. The van der Waals surface area contributed by atoms with Gasteiger partial charge in [-0.15, -0.1) is 0 Å². The van der Waals surface area contributed by atoms with Gasteiger partial charge in [0.15, 0.2) is 0 Å². The zero-order valence-electron chi connectivity index (χ0n) is 17.7. The van der Waals surface area contributed by atoms with Gasteiger partial charge in [-0.1, -0.05) is 42.5 Å². The fourth-order valence-electron chi connectivity index (χ4n) is 3.94. The molecule has 4 rings (SSSR count). The maximum absolute atomic E-state index is 12.2. The minimum absolute atomic E-state index is 0.0153. The lowest BCUT2D eigenvalue weighted by molar-refractivity contribution is -0.121. The highest BCUT2D eigenvalue weighted by molar-refractivity contribution is 5.78. The zero-order valence-corrected chi connectivity index (χ0v) is 17.7. The second kappa shape index (κ2) is 10.3. The highest BCUT2D eigenvalue weighted by atomic mass is 16.1. The van der Waals surface area contributed by atoms with Crippen LogP contribution in [0.25, 0.3) is 10.9 Å². The maximum Gasteiger partial charge on any atom is 0.258 e. The third-order valence-corrected chi connectivity index (χ3v) is 5.71. The molecule has 0 unspecified atom stereocenters. The van der Waals surface area contributed by atoms with Gasteiger partial charge in [0.05, 0.1) is 10.9 Å². The first kappa shape index (κ1) is 21.2. The number of aromatic amines is 1. The second-order valence-electron chi connectivity index (χ2n) is 7.98. The summed E-state index contributed by atoms with van der Waals surface area (Å²) < 4.78 is 0. The highest BCUT2D eigenvalue weighted by Gasteiger charge is 2.16. The lowest BCUT2D eigenvalue weighted by atomic mass is 10.2. The molecule has 0 atom stereocenters. The van der Waals surface area contributed by atoms with E-state index in [0.717, 1.165) is 39.3 Å². The Bertz CT molecular complexity index is 1060. The number of piperazine rings is 1. The molecular weight excluding hydrogens is 390 g/mol. The minimum atomic E-state index is -0.160. The van der Waals surface area contributed by atoms with E-state index in [0.29, 0.717) is 36.1 Å². The number of H-pyrrole nitrogens is 1. The van der Waals surface area contributed by atoms with Crippen molar-refractivity contribution in [2.45, 2.75) is 19.4 Å².